The molecule has 2 unspecified atom stereocenters. The topological polar surface area (TPSA) is 79.2 Å². The first kappa shape index (κ1) is 18.2. The molecule has 6 heteroatoms. The molecule has 1 aromatic carbocycles. The number of halogens is 1. The zero-order valence-corrected chi connectivity index (χ0v) is 14.4. The number of nitrogens with zero attached hydrogens (tertiary/aromatic N) is 1. The van der Waals surface area contributed by atoms with Gasteiger partial charge in [0.2, 0.25) is 0 Å². The van der Waals surface area contributed by atoms with Gasteiger partial charge in [-0.2, -0.15) is 0 Å². The summed E-state index contributed by atoms with van der Waals surface area (Å²) in [5.41, 5.74) is 7.52. The summed E-state index contributed by atoms with van der Waals surface area (Å²) in [7, 11) is 0. The number of aromatic nitrogens is 1. The Morgan fingerprint density at radius 1 is 1.17 bits per heavy atom. The molecule has 0 saturated carbocycles. The molecular formula is C18H22ClN3O2. The van der Waals surface area contributed by atoms with Crippen LogP contribution in [0.4, 0.5) is 0 Å². The summed E-state index contributed by atoms with van der Waals surface area (Å²) < 4.78 is 0. The highest BCUT2D eigenvalue weighted by Crippen LogP contribution is 2.24. The van der Waals surface area contributed by atoms with Crippen LogP contribution >= 0.6 is 12.4 Å². The molecule has 5 nitrogen and oxygen atoms in total. The minimum atomic E-state index is -0.0528. The van der Waals surface area contributed by atoms with Crippen LogP contribution in [-0.4, -0.2) is 40.7 Å². The molecule has 0 radical (unpaired) electrons. The molecule has 2 atom stereocenters. The van der Waals surface area contributed by atoms with Gasteiger partial charge in [0.25, 0.3) is 5.91 Å². The summed E-state index contributed by atoms with van der Waals surface area (Å²) in [5, 5.41) is 0. The lowest BCUT2D eigenvalue weighted by molar-refractivity contribution is 0.0743. The first-order valence-corrected chi connectivity index (χ1v) is 7.88. The zero-order chi connectivity index (χ0) is 16.4. The molecule has 2 aromatic rings. The van der Waals surface area contributed by atoms with E-state index in [0.29, 0.717) is 35.7 Å². The van der Waals surface area contributed by atoms with Gasteiger partial charge >= 0.3 is 0 Å². The van der Waals surface area contributed by atoms with Crippen LogP contribution in [0, 0.1) is 5.92 Å². The van der Waals surface area contributed by atoms with Crippen LogP contribution in [0.1, 0.15) is 39.6 Å². The number of ketones is 1. The maximum absolute atomic E-state index is 12.6. The number of amides is 1. The summed E-state index contributed by atoms with van der Waals surface area (Å²) in [6.45, 7) is 3.37. The molecule has 1 amide bonds. The molecule has 24 heavy (non-hydrogen) atoms. The predicted molar refractivity (Wildman–Crippen MR) is 95.6 cm³/mol. The average Bonchev–Trinajstić information content (AvgIpc) is 3.23. The van der Waals surface area contributed by atoms with Crippen molar-refractivity contribution in [2.45, 2.75) is 19.4 Å². The highest BCUT2D eigenvalue weighted by Gasteiger charge is 2.32. The van der Waals surface area contributed by atoms with Crippen LogP contribution in [0.15, 0.2) is 42.7 Å². The van der Waals surface area contributed by atoms with E-state index >= 15 is 0 Å². The van der Waals surface area contributed by atoms with Gasteiger partial charge in [0.05, 0.1) is 0 Å². The lowest BCUT2D eigenvalue weighted by atomic mass is 10.0. The van der Waals surface area contributed by atoms with Crippen molar-refractivity contribution < 1.29 is 9.59 Å². The molecule has 1 aromatic heterocycles. The molecule has 1 aliphatic rings. The Balaban J connectivity index is 0.00000208. The quantitative estimate of drug-likeness (QED) is 0.834. The molecule has 2 heterocycles. The fourth-order valence-electron chi connectivity index (χ4n) is 3.16. The van der Waals surface area contributed by atoms with Crippen molar-refractivity contribution in [3.05, 3.63) is 59.4 Å². The van der Waals surface area contributed by atoms with Gasteiger partial charge in [0.15, 0.2) is 5.78 Å². The lowest BCUT2D eigenvalue weighted by Crippen LogP contribution is -2.34. The molecule has 3 rings (SSSR count). The number of nitrogens with two attached hydrogens (primary N) is 1. The maximum Gasteiger partial charge on any atom is 0.254 e. The van der Waals surface area contributed by atoms with E-state index in [2.05, 4.69) is 11.9 Å². The number of carbonyl (C=O) groups is 2. The highest BCUT2D eigenvalue weighted by atomic mass is 35.5. The molecule has 0 bridgehead atoms. The molecule has 0 spiro atoms. The van der Waals surface area contributed by atoms with Crippen molar-refractivity contribution in [1.82, 2.24) is 9.88 Å². The maximum atomic E-state index is 12.6. The molecule has 128 valence electrons. The van der Waals surface area contributed by atoms with Gasteiger partial charge in [-0.15, -0.1) is 12.4 Å². The smallest absolute Gasteiger partial charge is 0.254 e. The summed E-state index contributed by atoms with van der Waals surface area (Å²) >= 11 is 0. The Bertz CT molecular complexity index is 698. The number of H-pyrrole nitrogens is 1. The van der Waals surface area contributed by atoms with Crippen molar-refractivity contribution in [1.29, 1.82) is 0 Å². The second-order valence-corrected chi connectivity index (χ2v) is 6.15. The third kappa shape index (κ3) is 3.52. The fraction of sp³-hybridized carbons (Fsp3) is 0.333. The Hall–Kier alpha value is -2.11. The molecule has 1 aliphatic heterocycles. The third-order valence-corrected chi connectivity index (χ3v) is 4.51. The molecular weight excluding hydrogens is 326 g/mol. The van der Waals surface area contributed by atoms with Gasteiger partial charge in [-0.3, -0.25) is 9.59 Å². The van der Waals surface area contributed by atoms with E-state index in [1.807, 2.05) is 4.90 Å². The van der Waals surface area contributed by atoms with Gasteiger partial charge in [-0.05, 0) is 44.0 Å². The molecule has 0 aliphatic carbocycles. The summed E-state index contributed by atoms with van der Waals surface area (Å²) in [5.74, 6) is 0.334. The van der Waals surface area contributed by atoms with Crippen LogP contribution in [-0.2, 0) is 0 Å². The minimum Gasteiger partial charge on any atom is -0.367 e. The van der Waals surface area contributed by atoms with Crippen LogP contribution < -0.4 is 5.73 Å². The molecule has 1 fully saturated rings. The fourth-order valence-corrected chi connectivity index (χ4v) is 3.16. The van der Waals surface area contributed by atoms with Crippen molar-refractivity contribution in [2.24, 2.45) is 11.7 Å². The van der Waals surface area contributed by atoms with E-state index in [0.717, 1.165) is 6.42 Å². The SMILES string of the molecule is CC1CC(CN)CN1C(=O)c1ccc(C(=O)c2cc[nH]c2)cc1.Cl. The monoisotopic (exact) mass is 347 g/mol. The third-order valence-electron chi connectivity index (χ3n) is 4.51. The van der Waals surface area contributed by atoms with E-state index in [1.165, 1.54) is 0 Å². The number of hydrogen-bond donors (Lipinski definition) is 2. The van der Waals surface area contributed by atoms with Gasteiger partial charge in [0, 0.05) is 41.7 Å². The van der Waals surface area contributed by atoms with Gasteiger partial charge in [0.1, 0.15) is 0 Å². The van der Waals surface area contributed by atoms with E-state index in [1.54, 1.807) is 42.7 Å². The second kappa shape index (κ2) is 7.64. The second-order valence-electron chi connectivity index (χ2n) is 6.15. The molecule has 3 N–H and O–H groups in total. The number of benzene rings is 1. The van der Waals surface area contributed by atoms with Crippen LogP contribution in [0.2, 0.25) is 0 Å². The standard InChI is InChI=1S/C18H21N3O2.ClH/c1-12-8-13(9-19)11-21(12)18(23)15-4-2-14(3-5-15)17(22)16-6-7-20-10-16;/h2-7,10,12-13,20H,8-9,11,19H2,1H3;1H. The number of rotatable bonds is 4. The van der Waals surface area contributed by atoms with E-state index in [9.17, 15) is 9.59 Å². The number of hydrogen-bond acceptors (Lipinski definition) is 3. The first-order valence-electron chi connectivity index (χ1n) is 7.88. The predicted octanol–water partition coefficient (Wildman–Crippen LogP) is 2.48. The largest absolute Gasteiger partial charge is 0.367 e. The average molecular weight is 348 g/mol. The Labute approximate surface area is 147 Å². The van der Waals surface area contributed by atoms with Crippen LogP contribution in [0.3, 0.4) is 0 Å². The Morgan fingerprint density at radius 3 is 2.38 bits per heavy atom. The lowest BCUT2D eigenvalue weighted by Gasteiger charge is -2.21. The van der Waals surface area contributed by atoms with Crippen molar-refractivity contribution >= 4 is 24.1 Å². The van der Waals surface area contributed by atoms with Crippen molar-refractivity contribution in [2.75, 3.05) is 13.1 Å². The number of aromatic amines is 1. The normalized spacial score (nSPS) is 19.8. The first-order chi connectivity index (χ1) is 11.1. The summed E-state index contributed by atoms with van der Waals surface area (Å²) in [6, 6.07) is 8.82. The van der Waals surface area contributed by atoms with Crippen LogP contribution in [0.25, 0.3) is 0 Å². The van der Waals surface area contributed by atoms with Crippen molar-refractivity contribution in [3.8, 4) is 0 Å². The number of nitrogens with one attached hydrogen (secondary N) is 1. The minimum absolute atomic E-state index is 0. The van der Waals surface area contributed by atoms with Gasteiger partial charge in [-0.1, -0.05) is 12.1 Å². The Kier molecular flexibility index (Phi) is 5.80. The van der Waals surface area contributed by atoms with E-state index in [-0.39, 0.29) is 30.1 Å². The summed E-state index contributed by atoms with van der Waals surface area (Å²) in [6.07, 6.45) is 4.33. The van der Waals surface area contributed by atoms with E-state index in [4.69, 9.17) is 5.73 Å². The van der Waals surface area contributed by atoms with E-state index < -0.39 is 0 Å². The van der Waals surface area contributed by atoms with Crippen LogP contribution in [0.5, 0.6) is 0 Å². The van der Waals surface area contributed by atoms with Gasteiger partial charge < -0.3 is 15.6 Å². The highest BCUT2D eigenvalue weighted by molar-refractivity contribution is 6.09. The zero-order valence-electron chi connectivity index (χ0n) is 13.6. The van der Waals surface area contributed by atoms with Crippen molar-refractivity contribution in [3.63, 3.8) is 0 Å². The Morgan fingerprint density at radius 2 is 1.83 bits per heavy atom. The molecule has 1 saturated heterocycles. The van der Waals surface area contributed by atoms with Gasteiger partial charge in [-0.25, -0.2) is 0 Å². The number of carbonyl (C=O) groups excluding carboxylic acids is 2. The summed E-state index contributed by atoms with van der Waals surface area (Å²) in [4.78, 5) is 29.6. The number of likely N-dealkylation sites (tertiary alicyclic amines) is 1.